The highest BCUT2D eigenvalue weighted by atomic mass is 32.2. The SMILES string of the molecule is CCNCS(=O)(=O)c1cccc(C)c1. The van der Waals surface area contributed by atoms with E-state index in [0.717, 1.165) is 5.56 Å². The third-order valence-electron chi connectivity index (χ3n) is 1.89. The number of rotatable bonds is 4. The molecule has 0 unspecified atom stereocenters. The second kappa shape index (κ2) is 4.57. The molecule has 3 nitrogen and oxygen atoms in total. The van der Waals surface area contributed by atoms with Crippen molar-refractivity contribution in [1.29, 1.82) is 0 Å². The molecule has 0 radical (unpaired) electrons. The monoisotopic (exact) mass is 213 g/mol. The van der Waals surface area contributed by atoms with Gasteiger partial charge in [0, 0.05) is 0 Å². The van der Waals surface area contributed by atoms with E-state index in [1.54, 1.807) is 18.2 Å². The normalized spacial score (nSPS) is 11.6. The predicted octanol–water partition coefficient (Wildman–Crippen LogP) is 1.34. The molecule has 0 aromatic heterocycles. The summed E-state index contributed by atoms with van der Waals surface area (Å²) in [6.45, 7) is 4.42. The molecule has 0 amide bonds. The maximum absolute atomic E-state index is 11.7. The highest BCUT2D eigenvalue weighted by molar-refractivity contribution is 7.91. The maximum atomic E-state index is 11.7. The Bertz CT molecular complexity index is 398. The highest BCUT2D eigenvalue weighted by Crippen LogP contribution is 2.11. The molecule has 0 saturated carbocycles. The molecule has 0 bridgehead atoms. The van der Waals surface area contributed by atoms with E-state index in [0.29, 0.717) is 11.4 Å². The number of aryl methyl sites for hydroxylation is 1. The van der Waals surface area contributed by atoms with Gasteiger partial charge in [0.2, 0.25) is 0 Å². The van der Waals surface area contributed by atoms with Gasteiger partial charge in [-0.1, -0.05) is 19.1 Å². The molecule has 1 rings (SSSR count). The van der Waals surface area contributed by atoms with Gasteiger partial charge in [-0.2, -0.15) is 0 Å². The molecule has 1 aromatic rings. The van der Waals surface area contributed by atoms with Crippen LogP contribution < -0.4 is 5.32 Å². The molecule has 1 aromatic carbocycles. The quantitative estimate of drug-likeness (QED) is 0.821. The first-order chi connectivity index (χ1) is 6.56. The van der Waals surface area contributed by atoms with E-state index in [4.69, 9.17) is 0 Å². The van der Waals surface area contributed by atoms with E-state index in [1.807, 2.05) is 19.9 Å². The molecular weight excluding hydrogens is 198 g/mol. The van der Waals surface area contributed by atoms with Crippen molar-refractivity contribution in [3.63, 3.8) is 0 Å². The zero-order chi connectivity index (χ0) is 10.6. The van der Waals surface area contributed by atoms with Crippen LogP contribution in [-0.4, -0.2) is 20.8 Å². The van der Waals surface area contributed by atoms with Gasteiger partial charge in [0.05, 0.1) is 4.90 Å². The van der Waals surface area contributed by atoms with Crippen LogP contribution in [0.1, 0.15) is 12.5 Å². The summed E-state index contributed by atoms with van der Waals surface area (Å²) in [5, 5.41) is 2.82. The highest BCUT2D eigenvalue weighted by Gasteiger charge is 2.12. The van der Waals surface area contributed by atoms with Crippen LogP contribution in [-0.2, 0) is 9.84 Å². The lowest BCUT2D eigenvalue weighted by Gasteiger charge is -2.05. The zero-order valence-electron chi connectivity index (χ0n) is 8.45. The van der Waals surface area contributed by atoms with Gasteiger partial charge in [-0.05, 0) is 31.2 Å². The van der Waals surface area contributed by atoms with Crippen LogP contribution in [0.2, 0.25) is 0 Å². The summed E-state index contributed by atoms with van der Waals surface area (Å²) in [6.07, 6.45) is 0. The van der Waals surface area contributed by atoms with E-state index in [1.165, 1.54) is 0 Å². The molecule has 0 saturated heterocycles. The Morgan fingerprint density at radius 3 is 2.64 bits per heavy atom. The van der Waals surface area contributed by atoms with Crippen molar-refractivity contribution >= 4 is 9.84 Å². The Hall–Kier alpha value is -0.870. The minimum absolute atomic E-state index is 0.00690. The second-order valence-corrected chi connectivity index (χ2v) is 5.17. The third-order valence-corrected chi connectivity index (χ3v) is 3.45. The molecule has 0 aliphatic carbocycles. The molecule has 0 atom stereocenters. The Morgan fingerprint density at radius 2 is 2.07 bits per heavy atom. The van der Waals surface area contributed by atoms with Crippen molar-refractivity contribution in [2.45, 2.75) is 18.7 Å². The topological polar surface area (TPSA) is 46.2 Å². The summed E-state index contributed by atoms with van der Waals surface area (Å²) in [5.74, 6) is 0.00690. The van der Waals surface area contributed by atoms with E-state index < -0.39 is 9.84 Å². The van der Waals surface area contributed by atoms with Crippen molar-refractivity contribution in [3.8, 4) is 0 Å². The van der Waals surface area contributed by atoms with Crippen LogP contribution in [0, 0.1) is 6.92 Å². The maximum Gasteiger partial charge on any atom is 0.191 e. The summed E-state index contributed by atoms with van der Waals surface area (Å²) >= 11 is 0. The second-order valence-electron chi connectivity index (χ2n) is 3.18. The van der Waals surface area contributed by atoms with Crippen LogP contribution >= 0.6 is 0 Å². The fraction of sp³-hybridized carbons (Fsp3) is 0.400. The van der Waals surface area contributed by atoms with Crippen molar-refractivity contribution in [2.24, 2.45) is 0 Å². The lowest BCUT2D eigenvalue weighted by atomic mass is 10.2. The molecule has 0 spiro atoms. The van der Waals surface area contributed by atoms with Gasteiger partial charge in [0.25, 0.3) is 0 Å². The Labute approximate surface area is 85.1 Å². The average molecular weight is 213 g/mol. The molecular formula is C10H15NO2S. The molecule has 0 aliphatic heterocycles. The smallest absolute Gasteiger partial charge is 0.191 e. The van der Waals surface area contributed by atoms with E-state index in [9.17, 15) is 8.42 Å². The summed E-state index contributed by atoms with van der Waals surface area (Å²) in [5.41, 5.74) is 0.961. The first kappa shape index (κ1) is 11.2. The van der Waals surface area contributed by atoms with Gasteiger partial charge < -0.3 is 5.32 Å². The number of hydrogen-bond donors (Lipinski definition) is 1. The van der Waals surface area contributed by atoms with Gasteiger partial charge >= 0.3 is 0 Å². The van der Waals surface area contributed by atoms with Gasteiger partial charge in [-0.15, -0.1) is 0 Å². The fourth-order valence-electron chi connectivity index (χ4n) is 1.13. The number of hydrogen-bond acceptors (Lipinski definition) is 3. The Kier molecular flexibility index (Phi) is 3.66. The molecule has 1 N–H and O–H groups in total. The molecule has 0 fully saturated rings. The third kappa shape index (κ3) is 2.82. The Morgan fingerprint density at radius 1 is 1.36 bits per heavy atom. The molecule has 0 heterocycles. The number of nitrogens with one attached hydrogen (secondary N) is 1. The average Bonchev–Trinajstić information content (AvgIpc) is 2.15. The van der Waals surface area contributed by atoms with Crippen LogP contribution in [0.15, 0.2) is 29.2 Å². The predicted molar refractivity (Wildman–Crippen MR) is 56.9 cm³/mol. The standard InChI is InChI=1S/C10H15NO2S/c1-3-11-8-14(12,13)10-6-4-5-9(2)7-10/h4-7,11H,3,8H2,1-2H3. The van der Waals surface area contributed by atoms with Crippen LogP contribution in [0.25, 0.3) is 0 Å². The van der Waals surface area contributed by atoms with Gasteiger partial charge in [-0.3, -0.25) is 0 Å². The first-order valence-electron chi connectivity index (χ1n) is 4.56. The van der Waals surface area contributed by atoms with Gasteiger partial charge in [0.15, 0.2) is 9.84 Å². The van der Waals surface area contributed by atoms with Gasteiger partial charge in [-0.25, -0.2) is 8.42 Å². The Balaban J connectivity index is 2.93. The van der Waals surface area contributed by atoms with Crippen LogP contribution in [0.4, 0.5) is 0 Å². The van der Waals surface area contributed by atoms with Crippen molar-refractivity contribution < 1.29 is 8.42 Å². The number of sulfone groups is 1. The van der Waals surface area contributed by atoms with Crippen LogP contribution in [0.3, 0.4) is 0 Å². The summed E-state index contributed by atoms with van der Waals surface area (Å²) in [4.78, 5) is 0.387. The van der Waals surface area contributed by atoms with Crippen LogP contribution in [0.5, 0.6) is 0 Å². The largest absolute Gasteiger partial charge is 0.304 e. The van der Waals surface area contributed by atoms with Crippen molar-refractivity contribution in [3.05, 3.63) is 29.8 Å². The van der Waals surface area contributed by atoms with Gasteiger partial charge in [0.1, 0.15) is 5.88 Å². The fourth-order valence-corrected chi connectivity index (χ4v) is 2.42. The summed E-state index contributed by atoms with van der Waals surface area (Å²) in [6, 6.07) is 6.95. The molecule has 78 valence electrons. The minimum atomic E-state index is -3.16. The van der Waals surface area contributed by atoms with Crippen molar-refractivity contribution in [2.75, 3.05) is 12.4 Å². The number of benzene rings is 1. The van der Waals surface area contributed by atoms with Crippen molar-refractivity contribution in [1.82, 2.24) is 5.32 Å². The summed E-state index contributed by atoms with van der Waals surface area (Å²) in [7, 11) is -3.16. The summed E-state index contributed by atoms with van der Waals surface area (Å²) < 4.78 is 23.4. The molecule has 0 aliphatic rings. The molecule has 4 heteroatoms. The zero-order valence-corrected chi connectivity index (χ0v) is 9.26. The van der Waals surface area contributed by atoms with E-state index >= 15 is 0 Å². The van der Waals surface area contributed by atoms with E-state index in [2.05, 4.69) is 5.32 Å². The minimum Gasteiger partial charge on any atom is -0.304 e. The first-order valence-corrected chi connectivity index (χ1v) is 6.21. The van der Waals surface area contributed by atoms with E-state index in [-0.39, 0.29) is 5.88 Å². The lowest BCUT2D eigenvalue weighted by Crippen LogP contribution is -2.22. The molecule has 14 heavy (non-hydrogen) atoms. The lowest BCUT2D eigenvalue weighted by molar-refractivity contribution is 0.588.